The molecule has 0 aromatic heterocycles. The molecule has 0 spiro atoms. The van der Waals surface area contributed by atoms with Crippen molar-refractivity contribution < 1.29 is 9.66 Å². The van der Waals surface area contributed by atoms with Crippen molar-refractivity contribution in [1.29, 1.82) is 5.26 Å². The standard InChI is InChI=1S/C16H20N2O3/c1-3-4-5-6-9-21-16-8-7-14(10-13(2)12-17)11-15(16)18(19)20/h7-8,10-11H,3-6,9H2,1-2H3/b13-10-. The zero-order valence-electron chi connectivity index (χ0n) is 12.5. The van der Waals surface area contributed by atoms with Crippen molar-refractivity contribution >= 4 is 11.8 Å². The monoisotopic (exact) mass is 288 g/mol. The second-order valence-electron chi connectivity index (χ2n) is 4.83. The van der Waals surface area contributed by atoms with Gasteiger partial charge >= 0.3 is 5.69 Å². The molecule has 1 aromatic rings. The minimum Gasteiger partial charge on any atom is -0.487 e. The summed E-state index contributed by atoms with van der Waals surface area (Å²) in [5.41, 5.74) is 1.06. The normalized spacial score (nSPS) is 11.0. The zero-order valence-corrected chi connectivity index (χ0v) is 12.5. The average Bonchev–Trinajstić information content (AvgIpc) is 2.47. The summed E-state index contributed by atoms with van der Waals surface area (Å²) in [4.78, 5) is 10.6. The van der Waals surface area contributed by atoms with Gasteiger partial charge in [0.25, 0.3) is 0 Å². The molecule has 0 aliphatic heterocycles. The Morgan fingerprint density at radius 2 is 2.19 bits per heavy atom. The van der Waals surface area contributed by atoms with Crippen molar-refractivity contribution in [3.63, 3.8) is 0 Å². The molecule has 0 saturated carbocycles. The van der Waals surface area contributed by atoms with Gasteiger partial charge in [0.2, 0.25) is 0 Å². The topological polar surface area (TPSA) is 76.2 Å². The molecular weight excluding hydrogens is 268 g/mol. The van der Waals surface area contributed by atoms with Crippen molar-refractivity contribution in [3.8, 4) is 11.8 Å². The van der Waals surface area contributed by atoms with E-state index in [1.807, 2.05) is 6.07 Å². The van der Waals surface area contributed by atoms with E-state index in [0.29, 0.717) is 17.7 Å². The molecule has 0 radical (unpaired) electrons. The molecule has 1 aromatic carbocycles. The minimum atomic E-state index is -0.458. The van der Waals surface area contributed by atoms with E-state index in [0.717, 1.165) is 25.7 Å². The van der Waals surface area contributed by atoms with E-state index in [-0.39, 0.29) is 11.4 Å². The maximum Gasteiger partial charge on any atom is 0.311 e. The van der Waals surface area contributed by atoms with Crippen molar-refractivity contribution in [2.45, 2.75) is 39.5 Å². The van der Waals surface area contributed by atoms with Crippen LogP contribution in [0.3, 0.4) is 0 Å². The fraction of sp³-hybridized carbons (Fsp3) is 0.438. The van der Waals surface area contributed by atoms with Gasteiger partial charge in [-0.15, -0.1) is 0 Å². The summed E-state index contributed by atoms with van der Waals surface area (Å²) in [5.74, 6) is 0.281. The molecule has 5 heteroatoms. The molecule has 0 N–H and O–H groups in total. The molecule has 0 aliphatic rings. The van der Waals surface area contributed by atoms with Crippen LogP contribution in [0.5, 0.6) is 5.75 Å². The van der Waals surface area contributed by atoms with Crippen LogP contribution in [0, 0.1) is 21.4 Å². The Hall–Kier alpha value is -2.35. The Morgan fingerprint density at radius 1 is 1.43 bits per heavy atom. The van der Waals surface area contributed by atoms with Crippen LogP contribution in [-0.4, -0.2) is 11.5 Å². The number of unbranched alkanes of at least 4 members (excludes halogenated alkanes) is 3. The Bertz CT molecular complexity index is 559. The lowest BCUT2D eigenvalue weighted by Gasteiger charge is -2.07. The Morgan fingerprint density at radius 3 is 2.81 bits per heavy atom. The van der Waals surface area contributed by atoms with Crippen LogP contribution in [-0.2, 0) is 0 Å². The van der Waals surface area contributed by atoms with Gasteiger partial charge in [0.15, 0.2) is 5.75 Å². The molecule has 21 heavy (non-hydrogen) atoms. The predicted molar refractivity (Wildman–Crippen MR) is 82.0 cm³/mol. The smallest absolute Gasteiger partial charge is 0.311 e. The lowest BCUT2D eigenvalue weighted by atomic mass is 10.1. The molecule has 0 atom stereocenters. The fourth-order valence-corrected chi connectivity index (χ4v) is 1.88. The maximum absolute atomic E-state index is 11.1. The van der Waals surface area contributed by atoms with Gasteiger partial charge in [-0.3, -0.25) is 10.1 Å². The molecule has 5 nitrogen and oxygen atoms in total. The lowest BCUT2D eigenvalue weighted by molar-refractivity contribution is -0.385. The number of nitro groups is 1. The molecule has 0 amide bonds. The highest BCUT2D eigenvalue weighted by Gasteiger charge is 2.15. The Labute approximate surface area is 125 Å². The molecule has 0 saturated heterocycles. The van der Waals surface area contributed by atoms with E-state index >= 15 is 0 Å². The van der Waals surface area contributed by atoms with Gasteiger partial charge in [0.1, 0.15) is 0 Å². The molecule has 0 heterocycles. The SMILES string of the molecule is CCCCCCOc1ccc(/C=C(/C)C#N)cc1[N+](=O)[O-]. The fourth-order valence-electron chi connectivity index (χ4n) is 1.88. The Kier molecular flexibility index (Phi) is 6.96. The summed E-state index contributed by atoms with van der Waals surface area (Å²) in [6.07, 6.45) is 5.84. The summed E-state index contributed by atoms with van der Waals surface area (Å²) < 4.78 is 5.50. The van der Waals surface area contributed by atoms with Crippen LogP contribution >= 0.6 is 0 Å². The minimum absolute atomic E-state index is 0.0648. The number of nitro benzene ring substituents is 1. The quantitative estimate of drug-likeness (QED) is 0.306. The summed E-state index contributed by atoms with van der Waals surface area (Å²) in [6, 6.07) is 6.73. The van der Waals surface area contributed by atoms with Crippen molar-refractivity contribution in [2.75, 3.05) is 6.61 Å². The highest BCUT2D eigenvalue weighted by atomic mass is 16.6. The maximum atomic E-state index is 11.1. The number of rotatable bonds is 8. The van der Waals surface area contributed by atoms with Gasteiger partial charge in [0.05, 0.1) is 17.6 Å². The summed E-state index contributed by atoms with van der Waals surface area (Å²) in [5, 5.41) is 19.8. The van der Waals surface area contributed by atoms with Crippen LogP contribution in [0.15, 0.2) is 23.8 Å². The van der Waals surface area contributed by atoms with Gasteiger partial charge in [-0.05, 0) is 31.1 Å². The second kappa shape index (κ2) is 8.75. The molecule has 0 bridgehead atoms. The first-order chi connectivity index (χ1) is 10.1. The van der Waals surface area contributed by atoms with Crippen molar-refractivity contribution in [3.05, 3.63) is 39.4 Å². The number of ether oxygens (including phenoxy) is 1. The third-order valence-corrected chi connectivity index (χ3v) is 2.99. The van der Waals surface area contributed by atoms with Gasteiger partial charge in [-0.25, -0.2) is 0 Å². The van der Waals surface area contributed by atoms with Crippen LogP contribution in [0.1, 0.15) is 45.1 Å². The first-order valence-corrected chi connectivity index (χ1v) is 7.08. The number of nitrogens with zero attached hydrogens (tertiary/aromatic N) is 2. The number of benzene rings is 1. The van der Waals surface area contributed by atoms with E-state index in [1.54, 1.807) is 25.1 Å². The van der Waals surface area contributed by atoms with Gasteiger partial charge in [-0.1, -0.05) is 32.3 Å². The number of nitriles is 1. The molecule has 1 rings (SSSR count). The van der Waals surface area contributed by atoms with E-state index < -0.39 is 4.92 Å². The molecular formula is C16H20N2O3. The third-order valence-electron chi connectivity index (χ3n) is 2.99. The second-order valence-corrected chi connectivity index (χ2v) is 4.83. The van der Waals surface area contributed by atoms with Crippen LogP contribution < -0.4 is 4.74 Å². The first-order valence-electron chi connectivity index (χ1n) is 7.08. The molecule has 0 fully saturated rings. The Balaban J connectivity index is 2.81. The third kappa shape index (κ3) is 5.65. The van der Waals surface area contributed by atoms with Gasteiger partial charge in [-0.2, -0.15) is 5.26 Å². The largest absolute Gasteiger partial charge is 0.487 e. The lowest BCUT2D eigenvalue weighted by Crippen LogP contribution is -2.01. The molecule has 0 unspecified atom stereocenters. The average molecular weight is 288 g/mol. The number of allylic oxidation sites excluding steroid dienone is 1. The number of hydrogen-bond donors (Lipinski definition) is 0. The summed E-state index contributed by atoms with van der Waals surface area (Å²) in [7, 11) is 0. The van der Waals surface area contributed by atoms with Crippen molar-refractivity contribution in [1.82, 2.24) is 0 Å². The number of hydrogen-bond acceptors (Lipinski definition) is 4. The van der Waals surface area contributed by atoms with Crippen LogP contribution in [0.4, 0.5) is 5.69 Å². The zero-order chi connectivity index (χ0) is 15.7. The molecule has 112 valence electrons. The highest BCUT2D eigenvalue weighted by molar-refractivity contribution is 5.62. The van der Waals surface area contributed by atoms with E-state index in [1.165, 1.54) is 6.07 Å². The van der Waals surface area contributed by atoms with Gasteiger partial charge < -0.3 is 4.74 Å². The predicted octanol–water partition coefficient (Wildman–Crippen LogP) is 4.48. The van der Waals surface area contributed by atoms with Gasteiger partial charge in [0, 0.05) is 11.6 Å². The highest BCUT2D eigenvalue weighted by Crippen LogP contribution is 2.29. The van der Waals surface area contributed by atoms with Crippen LogP contribution in [0.25, 0.3) is 6.08 Å². The van der Waals surface area contributed by atoms with E-state index in [9.17, 15) is 10.1 Å². The van der Waals surface area contributed by atoms with E-state index in [4.69, 9.17) is 10.00 Å². The van der Waals surface area contributed by atoms with Crippen LogP contribution in [0.2, 0.25) is 0 Å². The first kappa shape index (κ1) is 16.7. The summed E-state index contributed by atoms with van der Waals surface area (Å²) in [6.45, 7) is 4.26. The van der Waals surface area contributed by atoms with Crippen molar-refractivity contribution in [2.24, 2.45) is 0 Å². The van der Waals surface area contributed by atoms with E-state index in [2.05, 4.69) is 6.92 Å². The molecule has 0 aliphatic carbocycles. The summed E-state index contributed by atoms with van der Waals surface area (Å²) >= 11 is 0.